The number of aliphatic hydroxyl groups excluding tert-OH is 1. The SMILES string of the molecule is C=C(C)C(=O)OC(O)COC(=O)c1ccccc1C(=O)O. The number of aromatic carboxylic acids is 1. The van der Waals surface area contributed by atoms with E-state index in [2.05, 4.69) is 11.3 Å². The van der Waals surface area contributed by atoms with Crippen molar-refractivity contribution in [3.05, 3.63) is 47.5 Å². The second-order valence-electron chi connectivity index (χ2n) is 4.09. The van der Waals surface area contributed by atoms with Crippen molar-refractivity contribution in [2.24, 2.45) is 0 Å². The van der Waals surface area contributed by atoms with Crippen molar-refractivity contribution >= 4 is 17.9 Å². The summed E-state index contributed by atoms with van der Waals surface area (Å²) in [6.07, 6.45) is -1.66. The van der Waals surface area contributed by atoms with E-state index in [-0.39, 0.29) is 16.7 Å². The summed E-state index contributed by atoms with van der Waals surface area (Å²) in [7, 11) is 0. The minimum absolute atomic E-state index is 0.0802. The fraction of sp³-hybridized carbons (Fsp3) is 0.214. The molecule has 112 valence electrons. The molecule has 0 amide bonds. The Bertz CT molecular complexity index is 576. The normalized spacial score (nSPS) is 11.3. The van der Waals surface area contributed by atoms with Gasteiger partial charge in [0.05, 0.1) is 11.1 Å². The van der Waals surface area contributed by atoms with Gasteiger partial charge in [0, 0.05) is 5.57 Å². The van der Waals surface area contributed by atoms with Crippen LogP contribution in [0.15, 0.2) is 36.4 Å². The monoisotopic (exact) mass is 294 g/mol. The van der Waals surface area contributed by atoms with Gasteiger partial charge in [-0.05, 0) is 19.1 Å². The summed E-state index contributed by atoms with van der Waals surface area (Å²) in [5.74, 6) is -3.06. The summed E-state index contributed by atoms with van der Waals surface area (Å²) in [5, 5.41) is 18.3. The van der Waals surface area contributed by atoms with Gasteiger partial charge in [0.2, 0.25) is 6.29 Å². The summed E-state index contributed by atoms with van der Waals surface area (Å²) >= 11 is 0. The third kappa shape index (κ3) is 4.73. The number of esters is 2. The first kappa shape index (κ1) is 16.4. The quantitative estimate of drug-likeness (QED) is 0.457. The standard InChI is InChI=1S/C14H14O7/c1-8(2)13(18)21-11(15)7-20-14(19)10-6-4-3-5-9(10)12(16)17/h3-6,11,15H,1,7H2,2H3,(H,16,17). The molecule has 0 saturated carbocycles. The highest BCUT2D eigenvalue weighted by Gasteiger charge is 2.19. The fourth-order valence-electron chi connectivity index (χ4n) is 1.33. The van der Waals surface area contributed by atoms with Crippen LogP contribution in [0.2, 0.25) is 0 Å². The van der Waals surface area contributed by atoms with Crippen LogP contribution in [0, 0.1) is 0 Å². The van der Waals surface area contributed by atoms with Gasteiger partial charge in [0.25, 0.3) is 0 Å². The molecule has 0 aliphatic carbocycles. The van der Waals surface area contributed by atoms with E-state index in [1.807, 2.05) is 0 Å². The minimum atomic E-state index is -1.66. The third-order valence-electron chi connectivity index (χ3n) is 2.33. The van der Waals surface area contributed by atoms with Crippen molar-refractivity contribution in [2.75, 3.05) is 6.61 Å². The summed E-state index contributed by atoms with van der Waals surface area (Å²) in [5.41, 5.74) is -0.309. The first-order valence-electron chi connectivity index (χ1n) is 5.87. The summed E-state index contributed by atoms with van der Waals surface area (Å²) in [6.45, 7) is 4.10. The van der Waals surface area contributed by atoms with Gasteiger partial charge in [-0.25, -0.2) is 14.4 Å². The van der Waals surface area contributed by atoms with Gasteiger partial charge in [-0.2, -0.15) is 0 Å². The zero-order chi connectivity index (χ0) is 16.0. The number of hydrogen-bond acceptors (Lipinski definition) is 6. The van der Waals surface area contributed by atoms with Gasteiger partial charge >= 0.3 is 17.9 Å². The molecule has 0 aliphatic rings. The molecule has 1 rings (SSSR count). The van der Waals surface area contributed by atoms with Crippen LogP contribution in [0.3, 0.4) is 0 Å². The van der Waals surface area contributed by atoms with Gasteiger partial charge in [-0.1, -0.05) is 18.7 Å². The molecule has 21 heavy (non-hydrogen) atoms. The van der Waals surface area contributed by atoms with E-state index >= 15 is 0 Å². The summed E-state index contributed by atoms with van der Waals surface area (Å²) in [4.78, 5) is 33.8. The molecule has 7 heteroatoms. The van der Waals surface area contributed by atoms with Crippen molar-refractivity contribution in [3.63, 3.8) is 0 Å². The van der Waals surface area contributed by atoms with E-state index in [1.165, 1.54) is 31.2 Å². The third-order valence-corrected chi connectivity index (χ3v) is 2.33. The minimum Gasteiger partial charge on any atom is -0.478 e. The average molecular weight is 294 g/mol. The van der Waals surface area contributed by atoms with Gasteiger partial charge in [0.1, 0.15) is 0 Å². The Morgan fingerprint density at radius 2 is 1.81 bits per heavy atom. The second-order valence-corrected chi connectivity index (χ2v) is 4.09. The fourth-order valence-corrected chi connectivity index (χ4v) is 1.33. The number of carboxylic acid groups (broad SMARTS) is 1. The maximum atomic E-state index is 11.7. The number of carbonyl (C=O) groups excluding carboxylic acids is 2. The lowest BCUT2D eigenvalue weighted by Gasteiger charge is -2.13. The molecule has 0 saturated heterocycles. The molecule has 1 aromatic rings. The lowest BCUT2D eigenvalue weighted by atomic mass is 10.1. The lowest BCUT2D eigenvalue weighted by Crippen LogP contribution is -2.25. The van der Waals surface area contributed by atoms with Crippen molar-refractivity contribution < 1.29 is 34.1 Å². The van der Waals surface area contributed by atoms with Crippen LogP contribution in [0.1, 0.15) is 27.6 Å². The van der Waals surface area contributed by atoms with Crippen LogP contribution < -0.4 is 0 Å². The predicted octanol–water partition coefficient (Wildman–Crippen LogP) is 0.979. The van der Waals surface area contributed by atoms with Gasteiger partial charge in [0.15, 0.2) is 6.61 Å². The maximum Gasteiger partial charge on any atom is 0.339 e. The van der Waals surface area contributed by atoms with E-state index in [0.29, 0.717) is 0 Å². The highest BCUT2D eigenvalue weighted by molar-refractivity contribution is 6.02. The van der Waals surface area contributed by atoms with E-state index in [4.69, 9.17) is 9.84 Å². The topological polar surface area (TPSA) is 110 Å². The van der Waals surface area contributed by atoms with Gasteiger partial charge < -0.3 is 19.7 Å². The Hall–Kier alpha value is -2.67. The molecular weight excluding hydrogens is 280 g/mol. The van der Waals surface area contributed by atoms with Crippen LogP contribution in [0.25, 0.3) is 0 Å². The Morgan fingerprint density at radius 3 is 2.33 bits per heavy atom. The first-order valence-corrected chi connectivity index (χ1v) is 5.87. The smallest absolute Gasteiger partial charge is 0.339 e. The Labute approximate surface area is 120 Å². The Morgan fingerprint density at radius 1 is 1.24 bits per heavy atom. The highest BCUT2D eigenvalue weighted by atomic mass is 16.7. The van der Waals surface area contributed by atoms with E-state index in [9.17, 15) is 19.5 Å². The van der Waals surface area contributed by atoms with E-state index < -0.39 is 30.8 Å². The predicted molar refractivity (Wildman–Crippen MR) is 70.6 cm³/mol. The second kappa shape index (κ2) is 7.20. The first-order chi connectivity index (χ1) is 9.82. The highest BCUT2D eigenvalue weighted by Crippen LogP contribution is 2.10. The molecule has 1 aromatic carbocycles. The number of benzene rings is 1. The van der Waals surface area contributed by atoms with Crippen LogP contribution >= 0.6 is 0 Å². The molecule has 0 fully saturated rings. The molecular formula is C14H14O7. The number of hydrogen-bond donors (Lipinski definition) is 2. The van der Waals surface area contributed by atoms with Crippen molar-refractivity contribution in [1.82, 2.24) is 0 Å². The van der Waals surface area contributed by atoms with Crippen LogP contribution in [-0.4, -0.2) is 41.0 Å². The van der Waals surface area contributed by atoms with Crippen LogP contribution in [-0.2, 0) is 14.3 Å². The molecule has 0 heterocycles. The summed E-state index contributed by atoms with van der Waals surface area (Å²) < 4.78 is 9.20. The lowest BCUT2D eigenvalue weighted by molar-refractivity contribution is -0.169. The summed E-state index contributed by atoms with van der Waals surface area (Å²) in [6, 6.07) is 5.46. The Balaban J connectivity index is 2.64. The molecule has 7 nitrogen and oxygen atoms in total. The van der Waals surface area contributed by atoms with Crippen molar-refractivity contribution in [2.45, 2.75) is 13.2 Å². The van der Waals surface area contributed by atoms with Crippen molar-refractivity contribution in [1.29, 1.82) is 0 Å². The molecule has 0 bridgehead atoms. The van der Waals surface area contributed by atoms with Gasteiger partial charge in [-0.15, -0.1) is 0 Å². The molecule has 2 N–H and O–H groups in total. The molecule has 0 spiro atoms. The van der Waals surface area contributed by atoms with E-state index in [0.717, 1.165) is 0 Å². The zero-order valence-corrected chi connectivity index (χ0v) is 11.2. The molecule has 1 atom stereocenters. The zero-order valence-electron chi connectivity index (χ0n) is 11.2. The number of ether oxygens (including phenoxy) is 2. The molecule has 0 radical (unpaired) electrons. The molecule has 1 unspecified atom stereocenters. The number of carboxylic acids is 1. The Kier molecular flexibility index (Phi) is 5.62. The van der Waals surface area contributed by atoms with Crippen LogP contribution in [0.5, 0.6) is 0 Å². The van der Waals surface area contributed by atoms with Crippen LogP contribution in [0.4, 0.5) is 0 Å². The van der Waals surface area contributed by atoms with Gasteiger partial charge in [-0.3, -0.25) is 0 Å². The number of rotatable bonds is 6. The number of aliphatic hydroxyl groups is 1. The molecule has 0 aliphatic heterocycles. The van der Waals surface area contributed by atoms with E-state index in [1.54, 1.807) is 0 Å². The average Bonchev–Trinajstić information content (AvgIpc) is 2.44. The van der Waals surface area contributed by atoms with Crippen molar-refractivity contribution in [3.8, 4) is 0 Å². The largest absolute Gasteiger partial charge is 0.478 e. The maximum absolute atomic E-state index is 11.7. The number of carbonyl (C=O) groups is 3. The molecule has 0 aromatic heterocycles.